The van der Waals surface area contributed by atoms with Crippen LogP contribution in [0.3, 0.4) is 0 Å². The number of esters is 1. The molecule has 10 heteroatoms. The standard InChI is InChI=1S/C25H34ClN3O6/c1-4-5-13-34-25-18(14-20(30)35-25)27-23(32)19-11-8-12-29(19)24(33)21(15(2)3)28-22(31)16-9-6-7-10-17(16)26/h6-7,9-10,15,18-19,21,25H,4-5,8,11-14H2,1-3H3,(H,27,32)(H,28,31)/t18-,19+,21+,25+/m1/s1. The van der Waals surface area contributed by atoms with Crippen LogP contribution in [0.2, 0.25) is 5.02 Å². The Kier molecular flexibility index (Phi) is 9.51. The van der Waals surface area contributed by atoms with Crippen LogP contribution in [0.25, 0.3) is 0 Å². The molecule has 0 aromatic heterocycles. The van der Waals surface area contributed by atoms with E-state index in [4.69, 9.17) is 21.1 Å². The summed E-state index contributed by atoms with van der Waals surface area (Å²) in [4.78, 5) is 52.8. The van der Waals surface area contributed by atoms with Gasteiger partial charge in [0.25, 0.3) is 5.91 Å². The number of benzene rings is 1. The molecule has 0 unspecified atom stereocenters. The third-order valence-electron chi connectivity index (χ3n) is 6.25. The van der Waals surface area contributed by atoms with Gasteiger partial charge in [0.05, 0.1) is 23.6 Å². The average Bonchev–Trinajstić information content (AvgIpc) is 3.44. The van der Waals surface area contributed by atoms with Crippen LogP contribution in [0, 0.1) is 5.92 Å². The number of nitrogens with zero attached hydrogens (tertiary/aromatic N) is 1. The Morgan fingerprint density at radius 1 is 1.26 bits per heavy atom. The van der Waals surface area contributed by atoms with Crippen molar-refractivity contribution < 1.29 is 28.7 Å². The molecule has 2 heterocycles. The Labute approximate surface area is 210 Å². The summed E-state index contributed by atoms with van der Waals surface area (Å²) in [6.07, 6.45) is 2.08. The third kappa shape index (κ3) is 6.73. The molecule has 2 aliphatic rings. The molecule has 1 aromatic rings. The van der Waals surface area contributed by atoms with E-state index >= 15 is 0 Å². The van der Waals surface area contributed by atoms with E-state index in [-0.39, 0.29) is 29.7 Å². The maximum Gasteiger partial charge on any atom is 0.310 e. The van der Waals surface area contributed by atoms with Crippen LogP contribution in [0.1, 0.15) is 63.2 Å². The summed E-state index contributed by atoms with van der Waals surface area (Å²) in [5, 5.41) is 5.93. The fourth-order valence-electron chi connectivity index (χ4n) is 4.29. The van der Waals surface area contributed by atoms with Crippen molar-refractivity contribution in [3.8, 4) is 0 Å². The van der Waals surface area contributed by atoms with Gasteiger partial charge in [-0.1, -0.05) is 50.9 Å². The first-order valence-corrected chi connectivity index (χ1v) is 12.6. The molecule has 1 aromatic carbocycles. The summed E-state index contributed by atoms with van der Waals surface area (Å²) in [5.41, 5.74) is 0.281. The number of hydrogen-bond donors (Lipinski definition) is 2. The largest absolute Gasteiger partial charge is 0.433 e. The van der Waals surface area contributed by atoms with Gasteiger partial charge < -0.3 is 25.0 Å². The van der Waals surface area contributed by atoms with Gasteiger partial charge in [-0.3, -0.25) is 19.2 Å². The fourth-order valence-corrected chi connectivity index (χ4v) is 4.51. The van der Waals surface area contributed by atoms with E-state index in [1.54, 1.807) is 24.3 Å². The van der Waals surface area contributed by atoms with E-state index in [1.807, 2.05) is 20.8 Å². The van der Waals surface area contributed by atoms with Gasteiger partial charge >= 0.3 is 5.97 Å². The fraction of sp³-hybridized carbons (Fsp3) is 0.600. The minimum Gasteiger partial charge on any atom is -0.433 e. The molecule has 2 aliphatic heterocycles. The summed E-state index contributed by atoms with van der Waals surface area (Å²) in [5.74, 6) is -1.78. The molecule has 3 amide bonds. The van der Waals surface area contributed by atoms with Gasteiger partial charge in [-0.25, -0.2) is 0 Å². The molecular formula is C25H34ClN3O6. The predicted molar refractivity (Wildman–Crippen MR) is 130 cm³/mol. The zero-order chi connectivity index (χ0) is 25.5. The van der Waals surface area contributed by atoms with Crippen LogP contribution >= 0.6 is 11.6 Å². The van der Waals surface area contributed by atoms with Crippen molar-refractivity contribution in [3.05, 3.63) is 34.9 Å². The number of carbonyl (C=O) groups excluding carboxylic acids is 4. The van der Waals surface area contributed by atoms with Gasteiger partial charge in [0.1, 0.15) is 18.1 Å². The van der Waals surface area contributed by atoms with Crippen LogP contribution in [0.5, 0.6) is 0 Å². The van der Waals surface area contributed by atoms with Gasteiger partial charge in [0, 0.05) is 6.54 Å². The Morgan fingerprint density at radius 3 is 2.69 bits per heavy atom. The van der Waals surface area contributed by atoms with E-state index < -0.39 is 36.3 Å². The molecule has 0 saturated carbocycles. The van der Waals surface area contributed by atoms with Crippen molar-refractivity contribution in [2.24, 2.45) is 5.92 Å². The summed E-state index contributed by atoms with van der Waals surface area (Å²) in [6.45, 7) is 6.52. The lowest BCUT2D eigenvalue weighted by molar-refractivity contribution is -0.165. The number of amides is 3. The first-order chi connectivity index (χ1) is 16.7. The summed E-state index contributed by atoms with van der Waals surface area (Å²) < 4.78 is 10.8. The van der Waals surface area contributed by atoms with Gasteiger partial charge in [0.2, 0.25) is 18.1 Å². The number of carbonyl (C=O) groups is 4. The third-order valence-corrected chi connectivity index (χ3v) is 6.58. The normalized spacial score (nSPS) is 22.7. The van der Waals surface area contributed by atoms with Crippen molar-refractivity contribution in [2.75, 3.05) is 13.2 Å². The summed E-state index contributed by atoms with van der Waals surface area (Å²) >= 11 is 6.14. The molecule has 3 rings (SSSR count). The van der Waals surface area contributed by atoms with Gasteiger partial charge in [-0.15, -0.1) is 0 Å². The molecule has 2 N–H and O–H groups in total. The van der Waals surface area contributed by atoms with Crippen LogP contribution in [-0.4, -0.2) is 66.2 Å². The van der Waals surface area contributed by atoms with E-state index in [2.05, 4.69) is 10.6 Å². The lowest BCUT2D eigenvalue weighted by Crippen LogP contribution is -2.56. The molecule has 35 heavy (non-hydrogen) atoms. The van der Waals surface area contributed by atoms with Crippen molar-refractivity contribution in [1.29, 1.82) is 0 Å². The maximum absolute atomic E-state index is 13.5. The van der Waals surface area contributed by atoms with Gasteiger partial charge in [-0.2, -0.15) is 0 Å². The highest BCUT2D eigenvalue weighted by Gasteiger charge is 2.42. The summed E-state index contributed by atoms with van der Waals surface area (Å²) in [6, 6.07) is 4.49. The first-order valence-electron chi connectivity index (χ1n) is 12.2. The molecule has 0 bridgehead atoms. The molecule has 0 radical (unpaired) electrons. The first kappa shape index (κ1) is 26.9. The highest BCUT2D eigenvalue weighted by atomic mass is 35.5. The molecule has 0 aliphatic carbocycles. The number of likely N-dealkylation sites (tertiary alicyclic amines) is 1. The average molecular weight is 508 g/mol. The predicted octanol–water partition coefficient (Wildman–Crippen LogP) is 2.66. The Hall–Kier alpha value is -2.65. The molecule has 2 saturated heterocycles. The zero-order valence-corrected chi connectivity index (χ0v) is 21.2. The quantitative estimate of drug-likeness (QED) is 0.372. The van der Waals surface area contributed by atoms with Gasteiger partial charge in [0.15, 0.2) is 0 Å². The Balaban J connectivity index is 1.67. The smallest absolute Gasteiger partial charge is 0.310 e. The number of hydrogen-bond acceptors (Lipinski definition) is 6. The van der Waals surface area contributed by atoms with Crippen molar-refractivity contribution in [3.63, 3.8) is 0 Å². The summed E-state index contributed by atoms with van der Waals surface area (Å²) in [7, 11) is 0. The lowest BCUT2D eigenvalue weighted by Gasteiger charge is -2.31. The van der Waals surface area contributed by atoms with Crippen molar-refractivity contribution in [2.45, 2.75) is 77.3 Å². The van der Waals surface area contributed by atoms with E-state index in [0.717, 1.165) is 12.8 Å². The van der Waals surface area contributed by atoms with Crippen LogP contribution in [-0.2, 0) is 23.9 Å². The monoisotopic (exact) mass is 507 g/mol. The highest BCUT2D eigenvalue weighted by Crippen LogP contribution is 2.23. The second-order valence-corrected chi connectivity index (χ2v) is 9.67. The number of halogens is 1. The van der Waals surface area contributed by atoms with Crippen LogP contribution in [0.4, 0.5) is 0 Å². The molecular weight excluding hydrogens is 474 g/mol. The van der Waals surface area contributed by atoms with Crippen molar-refractivity contribution >= 4 is 35.3 Å². The Bertz CT molecular complexity index is 940. The number of rotatable bonds is 10. The molecule has 2 fully saturated rings. The second kappa shape index (κ2) is 12.4. The minimum atomic E-state index is -0.832. The minimum absolute atomic E-state index is 0.0196. The Morgan fingerprint density at radius 2 is 2.00 bits per heavy atom. The maximum atomic E-state index is 13.5. The SMILES string of the molecule is CCCCO[C@H]1OC(=O)C[C@H]1NC(=O)[C@@H]1CCCN1C(=O)[C@@H](NC(=O)c1ccccc1Cl)C(C)C. The van der Waals surface area contributed by atoms with Gasteiger partial charge in [-0.05, 0) is 37.3 Å². The van der Waals surface area contributed by atoms with E-state index in [9.17, 15) is 19.2 Å². The molecule has 192 valence electrons. The number of ether oxygens (including phenoxy) is 2. The van der Waals surface area contributed by atoms with Crippen LogP contribution in [0.15, 0.2) is 24.3 Å². The molecule has 0 spiro atoms. The van der Waals surface area contributed by atoms with Crippen LogP contribution < -0.4 is 10.6 Å². The van der Waals surface area contributed by atoms with E-state index in [0.29, 0.717) is 31.0 Å². The molecule has 9 nitrogen and oxygen atoms in total. The van der Waals surface area contributed by atoms with Crippen molar-refractivity contribution in [1.82, 2.24) is 15.5 Å². The number of nitrogens with one attached hydrogen (secondary N) is 2. The highest BCUT2D eigenvalue weighted by molar-refractivity contribution is 6.33. The zero-order valence-electron chi connectivity index (χ0n) is 20.4. The topological polar surface area (TPSA) is 114 Å². The second-order valence-electron chi connectivity index (χ2n) is 9.27. The molecule has 4 atom stereocenters. The lowest BCUT2D eigenvalue weighted by atomic mass is 10.0. The van der Waals surface area contributed by atoms with E-state index in [1.165, 1.54) is 4.90 Å². The number of unbranched alkanes of at least 4 members (excludes halogenated alkanes) is 1. The number of cyclic esters (lactones) is 1.